The number of rotatable bonds is 5. The number of hydrogen-bond donors (Lipinski definition) is 1. The molecule has 1 amide bonds. The van der Waals surface area contributed by atoms with E-state index in [-0.39, 0.29) is 51.7 Å². The van der Waals surface area contributed by atoms with Gasteiger partial charge in [0.25, 0.3) is 0 Å². The minimum Gasteiger partial charge on any atom is -0.508 e. The highest BCUT2D eigenvalue weighted by Gasteiger charge is 2.30. The van der Waals surface area contributed by atoms with Gasteiger partial charge in [-0.2, -0.15) is 4.98 Å². The molecule has 1 saturated heterocycles. The molecule has 11 heteroatoms. The second-order valence-electron chi connectivity index (χ2n) is 10.5. The Morgan fingerprint density at radius 1 is 1.15 bits per heavy atom. The first-order valence-electron chi connectivity index (χ1n) is 13.3. The van der Waals surface area contributed by atoms with E-state index in [0.717, 1.165) is 23.8 Å². The maximum atomic E-state index is 15.8. The van der Waals surface area contributed by atoms with Crippen molar-refractivity contribution in [2.24, 2.45) is 0 Å². The number of hydrogen-bond acceptors (Lipinski definition) is 7. The van der Waals surface area contributed by atoms with Crippen molar-refractivity contribution in [1.29, 1.82) is 0 Å². The number of aromatic hydroxyl groups is 1. The van der Waals surface area contributed by atoms with Crippen LogP contribution in [0.1, 0.15) is 37.9 Å². The van der Waals surface area contributed by atoms with Crippen molar-refractivity contribution in [1.82, 2.24) is 24.4 Å². The highest BCUT2D eigenvalue weighted by atomic mass is 19.1. The van der Waals surface area contributed by atoms with Crippen molar-refractivity contribution >= 4 is 22.8 Å². The highest BCUT2D eigenvalue weighted by molar-refractivity contribution is 5.91. The zero-order valence-corrected chi connectivity index (χ0v) is 23.2. The molecular formula is C30H30F2N6O3. The summed E-state index contributed by atoms with van der Waals surface area (Å²) in [6, 6.07) is 5.94. The molecule has 4 heterocycles. The van der Waals surface area contributed by atoms with Crippen molar-refractivity contribution in [3.8, 4) is 22.7 Å². The first-order chi connectivity index (χ1) is 19.5. The van der Waals surface area contributed by atoms with E-state index < -0.39 is 17.3 Å². The average molecular weight is 561 g/mol. The van der Waals surface area contributed by atoms with E-state index in [1.807, 2.05) is 32.6 Å². The summed E-state index contributed by atoms with van der Waals surface area (Å²) < 4.78 is 31.9. The number of piperazine rings is 1. The smallest absolute Gasteiger partial charge is 0.355 e. The third-order valence-corrected chi connectivity index (χ3v) is 7.32. The molecule has 4 aromatic rings. The van der Waals surface area contributed by atoms with E-state index in [1.165, 1.54) is 16.7 Å². The van der Waals surface area contributed by atoms with Gasteiger partial charge in [-0.3, -0.25) is 9.78 Å². The topological polar surface area (TPSA) is 104 Å². The van der Waals surface area contributed by atoms with Crippen LogP contribution in [0.25, 0.3) is 28.0 Å². The van der Waals surface area contributed by atoms with Gasteiger partial charge in [-0.15, -0.1) is 0 Å². The molecule has 1 fully saturated rings. The number of pyridine rings is 2. The summed E-state index contributed by atoms with van der Waals surface area (Å²) in [6.45, 7) is 12.2. The second kappa shape index (κ2) is 10.7. The molecular weight excluding hydrogens is 530 g/mol. The lowest BCUT2D eigenvalue weighted by molar-refractivity contribution is -0.126. The third-order valence-electron chi connectivity index (χ3n) is 7.32. The molecule has 0 aliphatic carbocycles. The number of aromatic nitrogens is 4. The lowest BCUT2D eigenvalue weighted by Gasteiger charge is -2.40. The van der Waals surface area contributed by atoms with E-state index in [4.69, 9.17) is 0 Å². The molecule has 3 aromatic heterocycles. The van der Waals surface area contributed by atoms with Crippen LogP contribution in [-0.4, -0.2) is 61.1 Å². The van der Waals surface area contributed by atoms with Gasteiger partial charge >= 0.3 is 5.69 Å². The maximum Gasteiger partial charge on any atom is 0.355 e. The number of nitrogens with zero attached hydrogens (tertiary/aromatic N) is 6. The van der Waals surface area contributed by atoms with Crippen molar-refractivity contribution < 1.29 is 18.7 Å². The van der Waals surface area contributed by atoms with E-state index in [0.29, 0.717) is 31.0 Å². The summed E-state index contributed by atoms with van der Waals surface area (Å²) >= 11 is 0. The molecule has 212 valence electrons. The molecule has 1 atom stereocenters. The van der Waals surface area contributed by atoms with Gasteiger partial charge in [0.05, 0.1) is 16.8 Å². The molecule has 41 heavy (non-hydrogen) atoms. The number of phenolic OH excluding ortho intramolecular Hbond substituents is 1. The molecule has 0 spiro atoms. The summed E-state index contributed by atoms with van der Waals surface area (Å²) in [5, 5.41) is 10.2. The van der Waals surface area contributed by atoms with Gasteiger partial charge in [0.1, 0.15) is 28.9 Å². The Balaban J connectivity index is 1.82. The standard InChI is InChI=1S/C30H30F2N6O3/c1-6-24(40)36-11-12-37(18(5)15-36)28-21-14-23(32)26(20-13-19(39)7-8-22(20)31)34-29(21)38(30(41)35-28)27-17(4)9-10-33-25(27)16(2)3/h6-10,13-14,16,18,39H,1,11-12,15H2,2-5H3. The quantitative estimate of drug-likeness (QED) is 0.359. The van der Waals surface area contributed by atoms with Crippen LogP contribution in [0.5, 0.6) is 5.75 Å². The summed E-state index contributed by atoms with van der Waals surface area (Å²) in [6.07, 6.45) is 2.90. The number of benzene rings is 1. The van der Waals surface area contributed by atoms with Crippen LogP contribution in [0.15, 0.2) is 54.0 Å². The second-order valence-corrected chi connectivity index (χ2v) is 10.5. The average Bonchev–Trinajstić information content (AvgIpc) is 2.94. The largest absolute Gasteiger partial charge is 0.508 e. The van der Waals surface area contributed by atoms with E-state index in [1.54, 1.807) is 17.2 Å². The van der Waals surface area contributed by atoms with Crippen LogP contribution in [0, 0.1) is 18.6 Å². The maximum absolute atomic E-state index is 15.8. The first-order valence-corrected chi connectivity index (χ1v) is 13.3. The van der Waals surface area contributed by atoms with Crippen LogP contribution >= 0.6 is 0 Å². The Hall–Kier alpha value is -4.67. The summed E-state index contributed by atoms with van der Waals surface area (Å²) in [7, 11) is 0. The normalized spacial score (nSPS) is 15.5. The zero-order valence-electron chi connectivity index (χ0n) is 23.2. The Morgan fingerprint density at radius 2 is 1.90 bits per heavy atom. The molecule has 0 bridgehead atoms. The minimum atomic E-state index is -0.852. The van der Waals surface area contributed by atoms with Gasteiger partial charge in [0.2, 0.25) is 5.91 Å². The van der Waals surface area contributed by atoms with Crippen molar-refractivity contribution in [3.05, 3.63) is 82.6 Å². The minimum absolute atomic E-state index is 0.0638. The molecule has 1 aliphatic rings. The Bertz CT molecular complexity index is 1750. The van der Waals surface area contributed by atoms with Gasteiger partial charge in [0.15, 0.2) is 5.65 Å². The lowest BCUT2D eigenvalue weighted by Crippen LogP contribution is -2.54. The molecule has 0 saturated carbocycles. The van der Waals surface area contributed by atoms with Crippen LogP contribution in [0.4, 0.5) is 14.6 Å². The van der Waals surface area contributed by atoms with Crippen LogP contribution in [0.2, 0.25) is 0 Å². The SMILES string of the molecule is C=CC(=O)N1CCN(c2nc(=O)n(-c3c(C)ccnc3C(C)C)c3nc(-c4cc(O)ccc4F)c(F)cc23)C(C)C1. The molecule has 9 nitrogen and oxygen atoms in total. The number of anilines is 1. The molecule has 1 N–H and O–H groups in total. The summed E-state index contributed by atoms with van der Waals surface area (Å²) in [5.74, 6) is -1.97. The number of phenols is 1. The summed E-state index contributed by atoms with van der Waals surface area (Å²) in [5.41, 5.74) is 0.592. The third kappa shape index (κ3) is 4.92. The van der Waals surface area contributed by atoms with Crippen LogP contribution in [0.3, 0.4) is 0 Å². The molecule has 1 aromatic carbocycles. The van der Waals surface area contributed by atoms with Gasteiger partial charge < -0.3 is 14.9 Å². The van der Waals surface area contributed by atoms with Crippen LogP contribution < -0.4 is 10.6 Å². The van der Waals surface area contributed by atoms with E-state index >= 15 is 4.39 Å². The Labute approximate surface area is 235 Å². The number of aryl methyl sites for hydroxylation is 1. The molecule has 5 rings (SSSR count). The first kappa shape index (κ1) is 27.9. The fourth-order valence-corrected chi connectivity index (χ4v) is 5.30. The number of amides is 1. The van der Waals surface area contributed by atoms with Gasteiger partial charge in [0, 0.05) is 37.4 Å². The Kier molecular flexibility index (Phi) is 7.29. The predicted octanol–water partition coefficient (Wildman–Crippen LogP) is 4.48. The monoisotopic (exact) mass is 560 g/mol. The van der Waals surface area contributed by atoms with Crippen LogP contribution in [-0.2, 0) is 4.79 Å². The summed E-state index contributed by atoms with van der Waals surface area (Å²) in [4.78, 5) is 43.0. The molecule has 1 aliphatic heterocycles. The zero-order chi connectivity index (χ0) is 29.6. The van der Waals surface area contributed by atoms with Crippen molar-refractivity contribution in [2.45, 2.75) is 39.7 Å². The highest BCUT2D eigenvalue weighted by Crippen LogP contribution is 2.34. The number of halogens is 2. The predicted molar refractivity (Wildman–Crippen MR) is 152 cm³/mol. The molecule has 1 unspecified atom stereocenters. The van der Waals surface area contributed by atoms with Crippen molar-refractivity contribution in [2.75, 3.05) is 24.5 Å². The van der Waals surface area contributed by atoms with E-state index in [9.17, 15) is 19.1 Å². The van der Waals surface area contributed by atoms with Gasteiger partial charge in [-0.05, 0) is 61.7 Å². The Morgan fingerprint density at radius 3 is 2.59 bits per heavy atom. The number of carbonyl (C=O) groups is 1. The fraction of sp³-hybridized carbons (Fsp3) is 0.300. The fourth-order valence-electron chi connectivity index (χ4n) is 5.30. The number of fused-ring (bicyclic) bond motifs is 1. The lowest BCUT2D eigenvalue weighted by atomic mass is 10.0. The molecule has 0 radical (unpaired) electrons. The van der Waals surface area contributed by atoms with Gasteiger partial charge in [-0.1, -0.05) is 20.4 Å². The van der Waals surface area contributed by atoms with Crippen molar-refractivity contribution in [3.63, 3.8) is 0 Å². The number of carbonyl (C=O) groups excluding carboxylic acids is 1. The van der Waals surface area contributed by atoms with Gasteiger partial charge in [-0.25, -0.2) is 23.1 Å². The van der Waals surface area contributed by atoms with E-state index in [2.05, 4.69) is 21.5 Å².